The molecule has 7 nitrogen and oxygen atoms in total. The number of benzene rings is 1. The lowest BCUT2D eigenvalue weighted by Gasteiger charge is -2.34. The highest BCUT2D eigenvalue weighted by molar-refractivity contribution is 5.94. The summed E-state index contributed by atoms with van der Waals surface area (Å²) < 4.78 is 0. The number of carbonyl (C=O) groups is 1. The zero-order chi connectivity index (χ0) is 20.2. The van der Waals surface area contributed by atoms with Gasteiger partial charge in [0.15, 0.2) is 0 Å². The second-order valence-corrected chi connectivity index (χ2v) is 7.20. The number of rotatable bonds is 4. The highest BCUT2D eigenvalue weighted by Crippen LogP contribution is 2.21. The minimum absolute atomic E-state index is 0.00409. The van der Waals surface area contributed by atoms with Gasteiger partial charge < -0.3 is 15.1 Å². The molecule has 1 fully saturated rings. The first kappa shape index (κ1) is 18.9. The van der Waals surface area contributed by atoms with Gasteiger partial charge >= 0.3 is 0 Å². The quantitative estimate of drug-likeness (QED) is 0.740. The lowest BCUT2D eigenvalue weighted by Crippen LogP contribution is -2.49. The molecule has 1 aliphatic rings. The van der Waals surface area contributed by atoms with E-state index in [1.54, 1.807) is 24.7 Å². The van der Waals surface area contributed by atoms with Crippen molar-refractivity contribution in [2.24, 2.45) is 0 Å². The highest BCUT2D eigenvalue weighted by atomic mass is 16.2. The predicted molar refractivity (Wildman–Crippen MR) is 114 cm³/mol. The van der Waals surface area contributed by atoms with Crippen LogP contribution in [-0.4, -0.2) is 51.9 Å². The predicted octanol–water partition coefficient (Wildman–Crippen LogP) is 3.19. The summed E-state index contributed by atoms with van der Waals surface area (Å²) in [7, 11) is 0. The van der Waals surface area contributed by atoms with Crippen LogP contribution in [0.1, 0.15) is 21.5 Å². The molecule has 1 aliphatic heterocycles. The lowest BCUT2D eigenvalue weighted by molar-refractivity contribution is 0.0746. The topological polar surface area (TPSA) is 74.2 Å². The second kappa shape index (κ2) is 8.26. The van der Waals surface area contributed by atoms with Crippen molar-refractivity contribution >= 4 is 23.4 Å². The van der Waals surface area contributed by atoms with Crippen LogP contribution in [0.15, 0.2) is 55.0 Å². The summed E-state index contributed by atoms with van der Waals surface area (Å²) >= 11 is 0. The number of aryl methyl sites for hydroxylation is 2. The molecule has 0 radical (unpaired) electrons. The number of anilines is 3. The van der Waals surface area contributed by atoms with E-state index in [9.17, 15) is 4.79 Å². The van der Waals surface area contributed by atoms with Gasteiger partial charge in [0.2, 0.25) is 5.95 Å². The monoisotopic (exact) mass is 388 g/mol. The van der Waals surface area contributed by atoms with Crippen molar-refractivity contribution in [2.75, 3.05) is 36.4 Å². The van der Waals surface area contributed by atoms with Gasteiger partial charge in [0.25, 0.3) is 5.91 Å². The standard InChI is InChI=1S/C22H24N6O/c1-16-4-5-17(2)19(14-16)26-20-7-6-18(15-25-20)21(29)27-10-12-28(13-11-27)22-23-8-3-9-24-22/h3-9,14-15H,10-13H2,1-2H3,(H,25,26). The van der Waals surface area contributed by atoms with Crippen LogP contribution in [0.3, 0.4) is 0 Å². The minimum Gasteiger partial charge on any atom is -0.340 e. The van der Waals surface area contributed by atoms with Crippen molar-refractivity contribution in [1.29, 1.82) is 0 Å². The molecule has 3 aromatic rings. The summed E-state index contributed by atoms with van der Waals surface area (Å²) in [6, 6.07) is 11.7. The molecule has 0 aliphatic carbocycles. The Balaban J connectivity index is 1.38. The van der Waals surface area contributed by atoms with E-state index >= 15 is 0 Å². The molecule has 1 N–H and O–H groups in total. The Morgan fingerprint density at radius 1 is 0.966 bits per heavy atom. The third-order valence-corrected chi connectivity index (χ3v) is 5.07. The normalized spacial score (nSPS) is 14.0. The van der Waals surface area contributed by atoms with Gasteiger partial charge in [0, 0.05) is 50.5 Å². The first-order chi connectivity index (χ1) is 14.1. The van der Waals surface area contributed by atoms with Gasteiger partial charge in [-0.25, -0.2) is 15.0 Å². The molecule has 2 aromatic heterocycles. The summed E-state index contributed by atoms with van der Waals surface area (Å²) in [4.78, 5) is 29.8. The number of nitrogens with zero attached hydrogens (tertiary/aromatic N) is 5. The third kappa shape index (κ3) is 4.34. The minimum atomic E-state index is 0.00409. The summed E-state index contributed by atoms with van der Waals surface area (Å²) in [5, 5.41) is 3.33. The number of pyridine rings is 1. The van der Waals surface area contributed by atoms with Gasteiger partial charge in [0.1, 0.15) is 5.82 Å². The van der Waals surface area contributed by atoms with E-state index in [1.807, 2.05) is 17.0 Å². The maximum absolute atomic E-state index is 12.8. The molecule has 0 bridgehead atoms. The van der Waals surface area contributed by atoms with Gasteiger partial charge in [0.05, 0.1) is 5.56 Å². The smallest absolute Gasteiger partial charge is 0.255 e. The highest BCUT2D eigenvalue weighted by Gasteiger charge is 2.23. The fourth-order valence-corrected chi connectivity index (χ4v) is 3.35. The number of nitrogens with one attached hydrogen (secondary N) is 1. The Hall–Kier alpha value is -3.48. The molecule has 1 aromatic carbocycles. The van der Waals surface area contributed by atoms with Crippen LogP contribution in [0.5, 0.6) is 0 Å². The van der Waals surface area contributed by atoms with E-state index in [2.05, 4.69) is 57.2 Å². The van der Waals surface area contributed by atoms with Gasteiger partial charge in [-0.05, 0) is 49.2 Å². The van der Waals surface area contributed by atoms with Crippen molar-refractivity contribution in [3.63, 3.8) is 0 Å². The number of aromatic nitrogens is 3. The van der Waals surface area contributed by atoms with E-state index < -0.39 is 0 Å². The molecule has 7 heteroatoms. The number of amides is 1. The van der Waals surface area contributed by atoms with Crippen molar-refractivity contribution in [3.05, 3.63) is 71.7 Å². The average Bonchev–Trinajstić information content (AvgIpc) is 2.77. The average molecular weight is 388 g/mol. The number of piperazine rings is 1. The SMILES string of the molecule is Cc1ccc(C)c(Nc2ccc(C(=O)N3CCN(c4ncccn4)CC3)cn2)c1. The number of hydrogen-bond donors (Lipinski definition) is 1. The maximum atomic E-state index is 12.8. The zero-order valence-corrected chi connectivity index (χ0v) is 16.7. The van der Waals surface area contributed by atoms with Crippen molar-refractivity contribution in [1.82, 2.24) is 19.9 Å². The Bertz CT molecular complexity index is 982. The summed E-state index contributed by atoms with van der Waals surface area (Å²) in [5.74, 6) is 1.44. The maximum Gasteiger partial charge on any atom is 0.255 e. The van der Waals surface area contributed by atoms with Crippen LogP contribution in [0, 0.1) is 13.8 Å². The summed E-state index contributed by atoms with van der Waals surface area (Å²) in [6.45, 7) is 6.83. The van der Waals surface area contributed by atoms with Gasteiger partial charge in [-0.2, -0.15) is 0 Å². The van der Waals surface area contributed by atoms with Crippen LogP contribution >= 0.6 is 0 Å². The van der Waals surface area contributed by atoms with Crippen LogP contribution in [0.2, 0.25) is 0 Å². The van der Waals surface area contributed by atoms with Gasteiger partial charge in [-0.15, -0.1) is 0 Å². The Kier molecular flexibility index (Phi) is 5.37. The molecule has 0 saturated carbocycles. The lowest BCUT2D eigenvalue weighted by atomic mass is 10.1. The van der Waals surface area contributed by atoms with Gasteiger partial charge in [-0.3, -0.25) is 4.79 Å². The summed E-state index contributed by atoms with van der Waals surface area (Å²) in [6.07, 6.45) is 5.11. The van der Waals surface area contributed by atoms with Crippen LogP contribution in [0.25, 0.3) is 0 Å². The van der Waals surface area contributed by atoms with E-state index in [4.69, 9.17) is 0 Å². The molecule has 3 heterocycles. The van der Waals surface area contributed by atoms with E-state index in [-0.39, 0.29) is 5.91 Å². The van der Waals surface area contributed by atoms with Crippen LogP contribution in [-0.2, 0) is 0 Å². The first-order valence-electron chi connectivity index (χ1n) is 9.72. The van der Waals surface area contributed by atoms with Crippen molar-refractivity contribution < 1.29 is 4.79 Å². The fraction of sp³-hybridized carbons (Fsp3) is 0.273. The molecular formula is C22H24N6O. The molecule has 0 atom stereocenters. The largest absolute Gasteiger partial charge is 0.340 e. The first-order valence-corrected chi connectivity index (χ1v) is 9.72. The Morgan fingerprint density at radius 2 is 1.72 bits per heavy atom. The number of hydrogen-bond acceptors (Lipinski definition) is 6. The van der Waals surface area contributed by atoms with E-state index in [0.29, 0.717) is 24.6 Å². The molecular weight excluding hydrogens is 364 g/mol. The zero-order valence-electron chi connectivity index (χ0n) is 16.7. The van der Waals surface area contributed by atoms with Crippen molar-refractivity contribution in [2.45, 2.75) is 13.8 Å². The fourth-order valence-electron chi connectivity index (χ4n) is 3.35. The van der Waals surface area contributed by atoms with Gasteiger partial charge in [-0.1, -0.05) is 12.1 Å². The molecule has 29 heavy (non-hydrogen) atoms. The molecule has 0 spiro atoms. The van der Waals surface area contributed by atoms with Crippen LogP contribution < -0.4 is 10.2 Å². The van der Waals surface area contributed by atoms with E-state index in [1.165, 1.54) is 5.56 Å². The summed E-state index contributed by atoms with van der Waals surface area (Å²) in [5.41, 5.74) is 3.96. The molecule has 1 saturated heterocycles. The number of carbonyl (C=O) groups excluding carboxylic acids is 1. The Morgan fingerprint density at radius 3 is 2.41 bits per heavy atom. The van der Waals surface area contributed by atoms with Crippen LogP contribution in [0.4, 0.5) is 17.5 Å². The Labute approximate surface area is 170 Å². The second-order valence-electron chi connectivity index (χ2n) is 7.20. The third-order valence-electron chi connectivity index (χ3n) is 5.07. The molecule has 0 unspecified atom stereocenters. The molecule has 4 rings (SSSR count). The van der Waals surface area contributed by atoms with Crippen molar-refractivity contribution in [3.8, 4) is 0 Å². The molecule has 1 amide bonds. The molecule has 148 valence electrons. The van der Waals surface area contributed by atoms with E-state index in [0.717, 1.165) is 30.2 Å².